The summed E-state index contributed by atoms with van der Waals surface area (Å²) in [5.74, 6) is 0.491. The third kappa shape index (κ3) is 2.48. The molecular weight excluding hydrogens is 366 g/mol. The van der Waals surface area contributed by atoms with E-state index in [1.807, 2.05) is 17.4 Å². The van der Waals surface area contributed by atoms with Crippen LogP contribution in [0.2, 0.25) is 0 Å². The number of nitrogens with zero attached hydrogens (tertiary/aromatic N) is 3. The second-order valence-electron chi connectivity index (χ2n) is 9.28. The van der Waals surface area contributed by atoms with Gasteiger partial charge in [0, 0.05) is 36.6 Å². The Morgan fingerprint density at radius 3 is 2.83 bits per heavy atom. The maximum Gasteiger partial charge on any atom is 0.228 e. The van der Waals surface area contributed by atoms with Crippen molar-refractivity contribution in [1.29, 1.82) is 0 Å². The Kier molecular flexibility index (Phi) is 3.90. The van der Waals surface area contributed by atoms with E-state index in [1.165, 1.54) is 11.1 Å². The normalized spacial score (nSPS) is 32.1. The molecule has 152 valence electrons. The van der Waals surface area contributed by atoms with Crippen LogP contribution in [0.4, 0.5) is 0 Å². The minimum Gasteiger partial charge on any atom is -0.392 e. The summed E-state index contributed by atoms with van der Waals surface area (Å²) in [6.07, 6.45) is 7.16. The van der Waals surface area contributed by atoms with Crippen LogP contribution in [0.3, 0.4) is 0 Å². The van der Waals surface area contributed by atoms with Crippen LogP contribution >= 0.6 is 0 Å². The van der Waals surface area contributed by atoms with Crippen LogP contribution in [0.1, 0.15) is 37.3 Å². The molecule has 4 atom stereocenters. The van der Waals surface area contributed by atoms with Crippen LogP contribution in [0.15, 0.2) is 36.8 Å². The van der Waals surface area contributed by atoms with Crippen LogP contribution in [0.5, 0.6) is 0 Å². The molecule has 6 heteroatoms. The van der Waals surface area contributed by atoms with Crippen molar-refractivity contribution in [2.45, 2.75) is 37.8 Å². The lowest BCUT2D eigenvalue weighted by atomic mass is 9.53. The summed E-state index contributed by atoms with van der Waals surface area (Å²) < 4.78 is 7.63. The summed E-state index contributed by atoms with van der Waals surface area (Å²) in [4.78, 5) is 19.1. The molecule has 6 rings (SSSR count). The van der Waals surface area contributed by atoms with Gasteiger partial charge in [-0.1, -0.05) is 24.3 Å². The third-order valence-corrected chi connectivity index (χ3v) is 7.95. The van der Waals surface area contributed by atoms with Crippen LogP contribution < -0.4 is 0 Å². The number of hydrogen-bond acceptors (Lipinski definition) is 4. The van der Waals surface area contributed by atoms with E-state index >= 15 is 0 Å². The Morgan fingerprint density at radius 1 is 1.24 bits per heavy atom. The van der Waals surface area contributed by atoms with Crippen LogP contribution in [0, 0.1) is 17.3 Å². The van der Waals surface area contributed by atoms with E-state index in [0.717, 1.165) is 44.5 Å². The SMILES string of the molecule is O=C(C1CCOC1)N1CCC2(CC1)C[C@@H](C1c3ccccc3-c3cncn31)[C@H]2O. The molecule has 4 heterocycles. The molecule has 0 bridgehead atoms. The number of aliphatic hydroxyl groups is 1. The van der Waals surface area contributed by atoms with E-state index in [4.69, 9.17) is 4.74 Å². The van der Waals surface area contributed by atoms with Crippen molar-refractivity contribution in [1.82, 2.24) is 14.5 Å². The van der Waals surface area contributed by atoms with E-state index in [9.17, 15) is 9.90 Å². The second-order valence-corrected chi connectivity index (χ2v) is 9.28. The van der Waals surface area contributed by atoms with Gasteiger partial charge in [-0.3, -0.25) is 4.79 Å². The molecule has 0 radical (unpaired) electrons. The molecule has 1 spiro atoms. The van der Waals surface area contributed by atoms with Crippen LogP contribution in [-0.4, -0.2) is 57.9 Å². The molecule has 3 fully saturated rings. The Hall–Kier alpha value is -2.18. The number of aromatic nitrogens is 2. The van der Waals surface area contributed by atoms with Gasteiger partial charge in [0.05, 0.1) is 42.9 Å². The maximum absolute atomic E-state index is 12.7. The highest BCUT2D eigenvalue weighted by molar-refractivity contribution is 5.79. The Labute approximate surface area is 170 Å². The predicted octanol–water partition coefficient (Wildman–Crippen LogP) is 2.48. The minimum absolute atomic E-state index is 0.0358. The van der Waals surface area contributed by atoms with Crippen LogP contribution in [0.25, 0.3) is 11.3 Å². The molecule has 1 aliphatic carbocycles. The topological polar surface area (TPSA) is 67.6 Å². The Morgan fingerprint density at radius 2 is 2.07 bits per heavy atom. The van der Waals surface area contributed by atoms with E-state index in [0.29, 0.717) is 13.2 Å². The van der Waals surface area contributed by atoms with Crippen molar-refractivity contribution in [3.63, 3.8) is 0 Å². The second kappa shape index (κ2) is 6.41. The number of piperidine rings is 1. The van der Waals surface area contributed by atoms with Gasteiger partial charge in [-0.05, 0) is 31.2 Å². The first-order valence-corrected chi connectivity index (χ1v) is 10.8. The number of fused-ring (bicyclic) bond motifs is 3. The minimum atomic E-state index is -0.332. The predicted molar refractivity (Wildman–Crippen MR) is 107 cm³/mol. The first kappa shape index (κ1) is 17.7. The number of benzene rings is 1. The zero-order chi connectivity index (χ0) is 19.6. The average molecular weight is 393 g/mol. The largest absolute Gasteiger partial charge is 0.392 e. The van der Waals surface area contributed by atoms with Crippen molar-refractivity contribution in [3.8, 4) is 11.3 Å². The van der Waals surface area contributed by atoms with Crippen molar-refractivity contribution < 1.29 is 14.6 Å². The fourth-order valence-electron chi connectivity index (χ4n) is 6.25. The van der Waals surface area contributed by atoms with Crippen molar-refractivity contribution in [2.24, 2.45) is 17.3 Å². The molecule has 1 aromatic carbocycles. The van der Waals surface area contributed by atoms with Gasteiger partial charge >= 0.3 is 0 Å². The zero-order valence-corrected chi connectivity index (χ0v) is 16.5. The fourth-order valence-corrected chi connectivity index (χ4v) is 6.25. The molecular formula is C23H27N3O3. The van der Waals surface area contributed by atoms with Crippen molar-refractivity contribution in [2.75, 3.05) is 26.3 Å². The van der Waals surface area contributed by atoms with Crippen LogP contribution in [-0.2, 0) is 9.53 Å². The van der Waals surface area contributed by atoms with Gasteiger partial charge in [-0.2, -0.15) is 0 Å². The molecule has 1 amide bonds. The number of rotatable bonds is 2. The van der Waals surface area contributed by atoms with Gasteiger partial charge in [0.15, 0.2) is 0 Å². The van der Waals surface area contributed by atoms with Gasteiger partial charge in [0.2, 0.25) is 5.91 Å². The summed E-state index contributed by atoms with van der Waals surface area (Å²) in [6, 6.07) is 8.67. The molecule has 2 unspecified atom stereocenters. The summed E-state index contributed by atoms with van der Waals surface area (Å²) >= 11 is 0. The molecule has 2 saturated heterocycles. The quantitative estimate of drug-likeness (QED) is 0.851. The van der Waals surface area contributed by atoms with E-state index in [-0.39, 0.29) is 35.3 Å². The number of hydrogen-bond donors (Lipinski definition) is 1. The zero-order valence-electron chi connectivity index (χ0n) is 16.5. The highest BCUT2D eigenvalue weighted by Crippen LogP contribution is 2.59. The number of carbonyl (C=O) groups excluding carboxylic acids is 1. The van der Waals surface area contributed by atoms with Gasteiger partial charge in [0.25, 0.3) is 0 Å². The third-order valence-electron chi connectivity index (χ3n) is 7.95. The monoisotopic (exact) mass is 393 g/mol. The number of amides is 1. The molecule has 3 aliphatic heterocycles. The highest BCUT2D eigenvalue weighted by atomic mass is 16.5. The van der Waals surface area contributed by atoms with E-state index < -0.39 is 0 Å². The number of ether oxygens (including phenoxy) is 1. The summed E-state index contributed by atoms with van der Waals surface area (Å²) in [7, 11) is 0. The van der Waals surface area contributed by atoms with Crippen molar-refractivity contribution >= 4 is 5.91 Å². The Balaban J connectivity index is 1.18. The lowest BCUT2D eigenvalue weighted by molar-refractivity contribution is -0.166. The first-order chi connectivity index (χ1) is 14.2. The molecule has 4 aliphatic rings. The molecule has 1 N–H and O–H groups in total. The van der Waals surface area contributed by atoms with Gasteiger partial charge in [0.1, 0.15) is 0 Å². The number of carbonyl (C=O) groups is 1. The standard InChI is InChI=1S/C23H27N3O3/c27-21-18(20-17-4-2-1-3-16(17)19-12-24-14-26(19)20)11-23(21)6-8-25(9-7-23)22(28)15-5-10-29-13-15/h1-4,12,14-15,18,20-21,27H,5-11,13H2/t15?,18-,20?,21+/m0/s1. The lowest BCUT2D eigenvalue weighted by Crippen LogP contribution is -2.60. The van der Waals surface area contributed by atoms with Gasteiger partial charge in [-0.25, -0.2) is 4.98 Å². The number of aliphatic hydroxyl groups excluding tert-OH is 1. The van der Waals surface area contributed by atoms with Gasteiger partial charge < -0.3 is 19.3 Å². The average Bonchev–Trinajstić information content (AvgIpc) is 3.50. The van der Waals surface area contributed by atoms with Gasteiger partial charge in [-0.15, -0.1) is 0 Å². The summed E-state index contributed by atoms with van der Waals surface area (Å²) in [5.41, 5.74) is 3.66. The van der Waals surface area contributed by atoms with Crippen molar-refractivity contribution in [3.05, 3.63) is 42.4 Å². The lowest BCUT2D eigenvalue weighted by Gasteiger charge is -2.58. The molecule has 29 heavy (non-hydrogen) atoms. The van der Waals surface area contributed by atoms with E-state index in [2.05, 4.69) is 33.8 Å². The van der Waals surface area contributed by atoms with E-state index in [1.54, 1.807) is 0 Å². The molecule has 6 nitrogen and oxygen atoms in total. The summed E-state index contributed by atoms with van der Waals surface area (Å²) in [6.45, 7) is 2.79. The maximum atomic E-state index is 12.7. The summed E-state index contributed by atoms with van der Waals surface area (Å²) in [5, 5.41) is 11.3. The Bertz CT molecular complexity index is 940. The molecule has 2 aromatic rings. The number of imidazole rings is 1. The highest BCUT2D eigenvalue weighted by Gasteiger charge is 2.58. The molecule has 1 saturated carbocycles. The first-order valence-electron chi connectivity index (χ1n) is 10.8. The smallest absolute Gasteiger partial charge is 0.228 e. The number of likely N-dealkylation sites (tertiary alicyclic amines) is 1. The fraction of sp³-hybridized carbons (Fsp3) is 0.565. The molecule has 1 aromatic heterocycles.